The molecule has 0 aromatic carbocycles. The fourth-order valence-corrected chi connectivity index (χ4v) is 0.913. The van der Waals surface area contributed by atoms with Crippen LogP contribution in [-0.2, 0) is 0 Å². The minimum Gasteiger partial charge on any atom is -0.236 e. The summed E-state index contributed by atoms with van der Waals surface area (Å²) in [6, 6.07) is 0. The van der Waals surface area contributed by atoms with Gasteiger partial charge in [0.25, 0.3) is 0 Å². The molecular formula is C8H19N3. The van der Waals surface area contributed by atoms with E-state index >= 15 is 0 Å². The van der Waals surface area contributed by atoms with E-state index < -0.39 is 0 Å². The van der Waals surface area contributed by atoms with Gasteiger partial charge in [-0.1, -0.05) is 27.2 Å². The SMILES string of the molecule is CCC/C(=N\N(C)N)C(C)C. The smallest absolute Gasteiger partial charge is 0.0421 e. The molecule has 0 heterocycles. The second kappa shape index (κ2) is 5.13. The molecule has 0 aliphatic heterocycles. The lowest BCUT2D eigenvalue weighted by Crippen LogP contribution is -2.23. The van der Waals surface area contributed by atoms with Gasteiger partial charge in [-0.05, 0) is 12.3 Å². The first kappa shape index (κ1) is 10.4. The summed E-state index contributed by atoms with van der Waals surface area (Å²) in [7, 11) is 1.75. The molecule has 0 rings (SSSR count). The Morgan fingerprint density at radius 1 is 1.55 bits per heavy atom. The monoisotopic (exact) mass is 157 g/mol. The van der Waals surface area contributed by atoms with Gasteiger partial charge in [0, 0.05) is 12.8 Å². The van der Waals surface area contributed by atoms with Crippen LogP contribution in [0.25, 0.3) is 0 Å². The summed E-state index contributed by atoms with van der Waals surface area (Å²) in [5.74, 6) is 5.91. The molecule has 0 saturated carbocycles. The molecule has 0 atom stereocenters. The van der Waals surface area contributed by atoms with Crippen LogP contribution in [0.15, 0.2) is 5.10 Å². The third kappa shape index (κ3) is 4.79. The molecule has 0 fully saturated rings. The maximum Gasteiger partial charge on any atom is 0.0421 e. The molecule has 0 aromatic rings. The number of hydrogen-bond donors (Lipinski definition) is 1. The second-order valence-corrected chi connectivity index (χ2v) is 3.07. The minimum absolute atomic E-state index is 0.501. The highest BCUT2D eigenvalue weighted by Crippen LogP contribution is 2.04. The third-order valence-corrected chi connectivity index (χ3v) is 1.46. The molecule has 0 amide bonds. The lowest BCUT2D eigenvalue weighted by molar-refractivity contribution is 0.367. The van der Waals surface area contributed by atoms with Gasteiger partial charge < -0.3 is 0 Å². The number of nitrogens with zero attached hydrogens (tertiary/aromatic N) is 2. The molecule has 0 aliphatic rings. The second-order valence-electron chi connectivity index (χ2n) is 3.07. The number of hydrazine groups is 1. The lowest BCUT2D eigenvalue weighted by Gasteiger charge is -2.12. The lowest BCUT2D eigenvalue weighted by atomic mass is 10.0. The Morgan fingerprint density at radius 2 is 2.09 bits per heavy atom. The maximum atomic E-state index is 5.41. The summed E-state index contributed by atoms with van der Waals surface area (Å²) in [4.78, 5) is 0. The van der Waals surface area contributed by atoms with E-state index in [0.717, 1.165) is 12.8 Å². The van der Waals surface area contributed by atoms with Crippen LogP contribution < -0.4 is 5.84 Å². The first-order chi connectivity index (χ1) is 5.07. The predicted octanol–water partition coefficient (Wildman–Crippen LogP) is 1.60. The Bertz CT molecular complexity index is 127. The van der Waals surface area contributed by atoms with Crippen LogP contribution in [0.4, 0.5) is 0 Å². The molecule has 2 N–H and O–H groups in total. The van der Waals surface area contributed by atoms with Gasteiger partial charge >= 0.3 is 0 Å². The van der Waals surface area contributed by atoms with Crippen LogP contribution in [0.1, 0.15) is 33.6 Å². The van der Waals surface area contributed by atoms with Gasteiger partial charge in [0.15, 0.2) is 0 Å². The molecule has 11 heavy (non-hydrogen) atoms. The van der Waals surface area contributed by atoms with Gasteiger partial charge in [0.1, 0.15) is 0 Å². The van der Waals surface area contributed by atoms with Gasteiger partial charge in [0.05, 0.1) is 0 Å². The minimum atomic E-state index is 0.501. The van der Waals surface area contributed by atoms with Crippen molar-refractivity contribution in [1.29, 1.82) is 0 Å². The summed E-state index contributed by atoms with van der Waals surface area (Å²) in [6.07, 6.45) is 2.17. The molecule has 0 spiro atoms. The Morgan fingerprint density at radius 3 is 2.36 bits per heavy atom. The topological polar surface area (TPSA) is 41.6 Å². The van der Waals surface area contributed by atoms with E-state index in [0.29, 0.717) is 5.92 Å². The molecule has 66 valence electrons. The van der Waals surface area contributed by atoms with E-state index in [4.69, 9.17) is 5.84 Å². The Kier molecular flexibility index (Phi) is 4.86. The van der Waals surface area contributed by atoms with Gasteiger partial charge in [-0.15, -0.1) is 0 Å². The molecule has 0 saturated heterocycles. The molecule has 0 aromatic heterocycles. The van der Waals surface area contributed by atoms with Crippen molar-refractivity contribution in [2.45, 2.75) is 33.6 Å². The highest BCUT2D eigenvalue weighted by Gasteiger charge is 2.03. The molecule has 3 heteroatoms. The van der Waals surface area contributed by atoms with Crippen LogP contribution in [0.5, 0.6) is 0 Å². The van der Waals surface area contributed by atoms with E-state index in [-0.39, 0.29) is 0 Å². The average Bonchev–Trinajstić information content (AvgIpc) is 1.86. The van der Waals surface area contributed by atoms with E-state index in [1.165, 1.54) is 10.8 Å². The quantitative estimate of drug-likeness (QED) is 0.382. The van der Waals surface area contributed by atoms with Gasteiger partial charge in [-0.3, -0.25) is 0 Å². The largest absolute Gasteiger partial charge is 0.236 e. The fourth-order valence-electron chi connectivity index (χ4n) is 0.913. The van der Waals surface area contributed by atoms with Crippen molar-refractivity contribution in [2.75, 3.05) is 7.05 Å². The van der Waals surface area contributed by atoms with Crippen molar-refractivity contribution in [3.8, 4) is 0 Å². The van der Waals surface area contributed by atoms with Crippen molar-refractivity contribution in [2.24, 2.45) is 16.9 Å². The summed E-state index contributed by atoms with van der Waals surface area (Å²) in [5, 5.41) is 5.57. The van der Waals surface area contributed by atoms with E-state index in [1.807, 2.05) is 0 Å². The Labute approximate surface area is 69.2 Å². The number of rotatable bonds is 4. The molecule has 0 unspecified atom stereocenters. The first-order valence-corrected chi connectivity index (χ1v) is 4.13. The third-order valence-electron chi connectivity index (χ3n) is 1.46. The average molecular weight is 157 g/mol. The van der Waals surface area contributed by atoms with Crippen LogP contribution in [-0.4, -0.2) is 17.9 Å². The van der Waals surface area contributed by atoms with E-state index in [2.05, 4.69) is 25.9 Å². The van der Waals surface area contributed by atoms with E-state index in [1.54, 1.807) is 7.05 Å². The zero-order valence-electron chi connectivity index (χ0n) is 7.96. The zero-order valence-corrected chi connectivity index (χ0v) is 7.96. The van der Waals surface area contributed by atoms with Crippen LogP contribution in [0.2, 0.25) is 0 Å². The Balaban J connectivity index is 4.08. The van der Waals surface area contributed by atoms with Gasteiger partial charge in [-0.25, -0.2) is 11.0 Å². The first-order valence-electron chi connectivity index (χ1n) is 4.13. The normalized spacial score (nSPS) is 12.4. The van der Waals surface area contributed by atoms with Gasteiger partial charge in [0.2, 0.25) is 0 Å². The van der Waals surface area contributed by atoms with Crippen LogP contribution >= 0.6 is 0 Å². The van der Waals surface area contributed by atoms with Gasteiger partial charge in [-0.2, -0.15) is 5.10 Å². The molecule has 3 nitrogen and oxygen atoms in total. The molecule has 0 aliphatic carbocycles. The summed E-state index contributed by atoms with van der Waals surface area (Å²) in [5.41, 5.74) is 1.18. The molecular weight excluding hydrogens is 138 g/mol. The van der Waals surface area contributed by atoms with Crippen molar-refractivity contribution in [3.63, 3.8) is 0 Å². The van der Waals surface area contributed by atoms with E-state index in [9.17, 15) is 0 Å². The fraction of sp³-hybridized carbons (Fsp3) is 0.875. The van der Waals surface area contributed by atoms with Crippen LogP contribution in [0, 0.1) is 5.92 Å². The summed E-state index contributed by atoms with van der Waals surface area (Å²) >= 11 is 0. The maximum absolute atomic E-state index is 5.41. The van der Waals surface area contributed by atoms with Crippen molar-refractivity contribution >= 4 is 5.71 Å². The summed E-state index contributed by atoms with van der Waals surface area (Å²) in [6.45, 7) is 6.42. The number of hydrogen-bond acceptors (Lipinski definition) is 3. The van der Waals surface area contributed by atoms with Crippen molar-refractivity contribution in [3.05, 3.63) is 0 Å². The standard InChI is InChI=1S/C8H19N3/c1-5-6-8(7(2)3)10-11(4)9/h7H,5-6,9H2,1-4H3/b10-8+. The van der Waals surface area contributed by atoms with Crippen LogP contribution in [0.3, 0.4) is 0 Å². The van der Waals surface area contributed by atoms with Crippen molar-refractivity contribution < 1.29 is 0 Å². The highest BCUT2D eigenvalue weighted by atomic mass is 15.6. The molecule has 0 radical (unpaired) electrons. The molecule has 0 bridgehead atoms. The summed E-state index contributed by atoms with van der Waals surface area (Å²) < 4.78 is 0. The van der Waals surface area contributed by atoms with Crippen molar-refractivity contribution in [1.82, 2.24) is 5.12 Å². The Hall–Kier alpha value is -0.570. The number of nitrogens with two attached hydrogens (primary N) is 1. The zero-order chi connectivity index (χ0) is 8.85. The highest BCUT2D eigenvalue weighted by molar-refractivity contribution is 5.85. The number of hydrazone groups is 1. The predicted molar refractivity (Wildman–Crippen MR) is 49.1 cm³/mol.